The summed E-state index contributed by atoms with van der Waals surface area (Å²) in [5, 5.41) is 11.2. The molecule has 0 unspecified atom stereocenters. The van der Waals surface area contributed by atoms with E-state index in [0.717, 1.165) is 14.2 Å². The maximum absolute atomic E-state index is 11.8. The molecule has 8 nitrogen and oxygen atoms in total. The first-order chi connectivity index (χ1) is 9.34. The molecule has 0 aliphatic heterocycles. The number of carbonyl (C=O) groups excluding carboxylic acids is 2. The first kappa shape index (κ1) is 16.0. The van der Waals surface area contributed by atoms with Crippen molar-refractivity contribution >= 4 is 33.6 Å². The fraction of sp³-hybridized carbons (Fsp3) is 0.364. The number of hydrogen-bond donors (Lipinski definition) is 0. The van der Waals surface area contributed by atoms with Crippen molar-refractivity contribution in [2.24, 2.45) is 0 Å². The molecule has 0 aliphatic carbocycles. The molecule has 0 atom stereocenters. The van der Waals surface area contributed by atoms with Gasteiger partial charge in [-0.05, 0) is 22.9 Å². The van der Waals surface area contributed by atoms with E-state index in [4.69, 9.17) is 0 Å². The number of halogens is 1. The molecule has 0 saturated heterocycles. The van der Waals surface area contributed by atoms with Gasteiger partial charge in [0.05, 0.1) is 24.7 Å². The topological polar surface area (TPSA) is 109 Å². The van der Waals surface area contributed by atoms with E-state index in [1.54, 1.807) is 0 Å². The van der Waals surface area contributed by atoms with Gasteiger partial charge in [0.15, 0.2) is 5.92 Å². The Hall–Kier alpha value is -2.03. The van der Waals surface area contributed by atoms with E-state index >= 15 is 0 Å². The molecule has 1 rings (SSSR count). The zero-order chi connectivity index (χ0) is 15.4. The van der Waals surface area contributed by atoms with Crippen molar-refractivity contribution in [3.63, 3.8) is 0 Å². The summed E-state index contributed by atoms with van der Waals surface area (Å²) in [6.07, 6.45) is 1.27. The molecule has 0 aliphatic rings. The Labute approximate surface area is 122 Å². The quantitative estimate of drug-likeness (QED) is 0.351. The maximum Gasteiger partial charge on any atom is 0.324 e. The number of rotatable bonds is 4. The smallest absolute Gasteiger partial charge is 0.324 e. The zero-order valence-electron chi connectivity index (χ0n) is 10.9. The Kier molecular flexibility index (Phi) is 5.14. The molecule has 1 aromatic heterocycles. The van der Waals surface area contributed by atoms with Gasteiger partial charge in [-0.25, -0.2) is 0 Å². The van der Waals surface area contributed by atoms with Crippen LogP contribution in [0.4, 0.5) is 5.69 Å². The predicted octanol–water partition coefficient (Wildman–Crippen LogP) is 1.49. The molecule has 0 N–H and O–H groups in total. The van der Waals surface area contributed by atoms with Crippen molar-refractivity contribution in [2.75, 3.05) is 14.2 Å². The third kappa shape index (κ3) is 2.93. The summed E-state index contributed by atoms with van der Waals surface area (Å²) in [5.41, 5.74) is -0.493. The average molecular weight is 347 g/mol. The number of nitrogens with zero attached hydrogens (tertiary/aromatic N) is 2. The normalized spacial score (nSPS) is 10.2. The Morgan fingerprint density at radius 2 is 1.85 bits per heavy atom. The van der Waals surface area contributed by atoms with Crippen LogP contribution < -0.4 is 0 Å². The van der Waals surface area contributed by atoms with E-state index < -0.39 is 28.5 Å². The summed E-state index contributed by atoms with van der Waals surface area (Å²) < 4.78 is 9.18. The van der Waals surface area contributed by atoms with Crippen LogP contribution in [-0.2, 0) is 19.1 Å². The van der Waals surface area contributed by atoms with Crippen LogP contribution in [-0.4, -0.2) is 36.1 Å². The van der Waals surface area contributed by atoms with Gasteiger partial charge < -0.3 is 9.47 Å². The van der Waals surface area contributed by atoms with Crippen LogP contribution in [0, 0.1) is 17.0 Å². The van der Waals surface area contributed by atoms with Crippen LogP contribution in [0.15, 0.2) is 10.7 Å². The van der Waals surface area contributed by atoms with Gasteiger partial charge in [-0.2, -0.15) is 0 Å². The van der Waals surface area contributed by atoms with Crippen LogP contribution in [0.2, 0.25) is 0 Å². The van der Waals surface area contributed by atoms with Crippen molar-refractivity contribution in [2.45, 2.75) is 12.8 Å². The van der Waals surface area contributed by atoms with Gasteiger partial charge >= 0.3 is 11.9 Å². The first-order valence-corrected chi connectivity index (χ1v) is 6.09. The van der Waals surface area contributed by atoms with Crippen LogP contribution in [0.3, 0.4) is 0 Å². The highest BCUT2D eigenvalue weighted by Crippen LogP contribution is 2.36. The molecule has 0 saturated carbocycles. The molecule has 20 heavy (non-hydrogen) atoms. The lowest BCUT2D eigenvalue weighted by Crippen LogP contribution is -2.26. The monoisotopic (exact) mass is 346 g/mol. The van der Waals surface area contributed by atoms with Gasteiger partial charge in [0.2, 0.25) is 0 Å². The van der Waals surface area contributed by atoms with Gasteiger partial charge in [-0.1, -0.05) is 0 Å². The van der Waals surface area contributed by atoms with Gasteiger partial charge in [-0.3, -0.25) is 24.7 Å². The van der Waals surface area contributed by atoms with E-state index in [1.807, 2.05) is 0 Å². The molecular formula is C11H11BrN2O6. The Bertz CT molecular complexity index is 558. The summed E-state index contributed by atoms with van der Waals surface area (Å²) in [6.45, 7) is 1.40. The largest absolute Gasteiger partial charge is 0.468 e. The summed E-state index contributed by atoms with van der Waals surface area (Å²) >= 11 is 3.06. The van der Waals surface area contributed by atoms with E-state index in [-0.39, 0.29) is 15.7 Å². The van der Waals surface area contributed by atoms with Gasteiger partial charge in [0.1, 0.15) is 5.69 Å². The van der Waals surface area contributed by atoms with Crippen molar-refractivity contribution < 1.29 is 24.0 Å². The van der Waals surface area contributed by atoms with Crippen molar-refractivity contribution in [1.29, 1.82) is 0 Å². The van der Waals surface area contributed by atoms with Crippen LogP contribution >= 0.6 is 15.9 Å². The fourth-order valence-corrected chi connectivity index (χ4v) is 2.18. The van der Waals surface area contributed by atoms with Gasteiger partial charge in [-0.15, -0.1) is 0 Å². The number of pyridine rings is 1. The lowest BCUT2D eigenvalue weighted by molar-refractivity contribution is -0.386. The fourth-order valence-electron chi connectivity index (χ4n) is 1.66. The zero-order valence-corrected chi connectivity index (χ0v) is 12.5. The standard InChI is InChI=1S/C11H11BrN2O6/c1-5-9(14(17)18)7(6(12)4-13-5)8(10(15)19-2)11(16)20-3/h4,8H,1-3H3. The minimum absolute atomic E-state index is 0.0750. The molecule has 9 heteroatoms. The first-order valence-electron chi connectivity index (χ1n) is 5.30. The van der Waals surface area contributed by atoms with E-state index in [0.29, 0.717) is 0 Å². The molecule has 0 aromatic carbocycles. The summed E-state index contributed by atoms with van der Waals surface area (Å²) in [6, 6.07) is 0. The second kappa shape index (κ2) is 6.42. The number of aromatic nitrogens is 1. The average Bonchev–Trinajstić information content (AvgIpc) is 2.41. The summed E-state index contributed by atoms with van der Waals surface area (Å²) in [5.74, 6) is -3.46. The van der Waals surface area contributed by atoms with Crippen molar-refractivity contribution in [3.05, 3.63) is 32.0 Å². The Balaban J connectivity index is 3.63. The third-order valence-corrected chi connectivity index (χ3v) is 3.20. The number of aryl methyl sites for hydroxylation is 1. The molecular weight excluding hydrogens is 336 g/mol. The number of ether oxygens (including phenoxy) is 2. The molecule has 0 bridgehead atoms. The molecule has 1 aromatic rings. The van der Waals surface area contributed by atoms with Gasteiger partial charge in [0.25, 0.3) is 5.69 Å². The summed E-state index contributed by atoms with van der Waals surface area (Å²) in [4.78, 5) is 37.8. The molecule has 0 fully saturated rings. The van der Waals surface area contributed by atoms with Crippen LogP contribution in [0.1, 0.15) is 17.2 Å². The number of esters is 2. The highest BCUT2D eigenvalue weighted by atomic mass is 79.9. The van der Waals surface area contributed by atoms with Crippen LogP contribution in [0.25, 0.3) is 0 Å². The van der Waals surface area contributed by atoms with Gasteiger partial charge in [0, 0.05) is 10.7 Å². The highest BCUT2D eigenvalue weighted by Gasteiger charge is 2.39. The summed E-state index contributed by atoms with van der Waals surface area (Å²) in [7, 11) is 2.15. The molecule has 0 radical (unpaired) electrons. The lowest BCUT2D eigenvalue weighted by Gasteiger charge is -2.15. The molecule has 0 amide bonds. The molecule has 1 heterocycles. The maximum atomic E-state index is 11.8. The van der Waals surface area contributed by atoms with Crippen molar-refractivity contribution in [1.82, 2.24) is 4.98 Å². The van der Waals surface area contributed by atoms with Crippen molar-refractivity contribution in [3.8, 4) is 0 Å². The van der Waals surface area contributed by atoms with Crippen LogP contribution in [0.5, 0.6) is 0 Å². The second-order valence-corrected chi connectivity index (χ2v) is 4.54. The molecule has 108 valence electrons. The Morgan fingerprint density at radius 3 is 2.25 bits per heavy atom. The predicted molar refractivity (Wildman–Crippen MR) is 70.1 cm³/mol. The number of nitro groups is 1. The number of carbonyl (C=O) groups is 2. The minimum Gasteiger partial charge on any atom is -0.468 e. The minimum atomic E-state index is -1.55. The number of hydrogen-bond acceptors (Lipinski definition) is 7. The third-order valence-electron chi connectivity index (χ3n) is 2.57. The SMILES string of the molecule is COC(=O)C(C(=O)OC)c1c(Br)cnc(C)c1[N+](=O)[O-]. The molecule has 0 spiro atoms. The lowest BCUT2D eigenvalue weighted by atomic mass is 9.97. The number of methoxy groups -OCH3 is 2. The van der Waals surface area contributed by atoms with E-state index in [9.17, 15) is 19.7 Å². The van der Waals surface area contributed by atoms with E-state index in [2.05, 4.69) is 30.4 Å². The van der Waals surface area contributed by atoms with E-state index in [1.165, 1.54) is 13.1 Å². The Morgan fingerprint density at radius 1 is 1.35 bits per heavy atom. The second-order valence-electron chi connectivity index (χ2n) is 3.69. The highest BCUT2D eigenvalue weighted by molar-refractivity contribution is 9.10.